The normalized spacial score (nSPS) is 17.8. The molecule has 0 bridgehead atoms. The SMILES string of the molecule is CCc1ccccc1N1C[C@H](C(=O)Oc2ccccc2[C@H](C)CC)CC1=O. The zero-order valence-corrected chi connectivity index (χ0v) is 16.3. The third-order valence-electron chi connectivity index (χ3n) is 5.39. The lowest BCUT2D eigenvalue weighted by atomic mass is 9.98. The highest BCUT2D eigenvalue weighted by atomic mass is 16.5. The minimum atomic E-state index is -0.438. The molecule has 2 aromatic rings. The van der Waals surface area contributed by atoms with E-state index in [1.807, 2.05) is 48.5 Å². The average Bonchev–Trinajstić information content (AvgIpc) is 3.09. The number of para-hydroxylation sites is 2. The summed E-state index contributed by atoms with van der Waals surface area (Å²) in [5, 5.41) is 0. The van der Waals surface area contributed by atoms with Crippen molar-refractivity contribution in [3.05, 3.63) is 59.7 Å². The molecule has 2 atom stereocenters. The molecule has 27 heavy (non-hydrogen) atoms. The Morgan fingerprint density at radius 2 is 1.85 bits per heavy atom. The standard InChI is InChI=1S/C23H27NO3/c1-4-16(3)19-11-7-9-13-21(19)27-23(26)18-14-22(25)24(15-18)20-12-8-6-10-17(20)5-2/h6-13,16,18H,4-5,14-15H2,1-3H3/t16-,18-/m1/s1. The molecule has 0 aromatic heterocycles. The third-order valence-corrected chi connectivity index (χ3v) is 5.39. The summed E-state index contributed by atoms with van der Waals surface area (Å²) < 4.78 is 5.72. The quantitative estimate of drug-likeness (QED) is 0.550. The van der Waals surface area contributed by atoms with Crippen molar-refractivity contribution in [2.45, 2.75) is 46.0 Å². The zero-order valence-electron chi connectivity index (χ0n) is 16.3. The van der Waals surface area contributed by atoms with E-state index in [-0.39, 0.29) is 18.3 Å². The topological polar surface area (TPSA) is 46.6 Å². The summed E-state index contributed by atoms with van der Waals surface area (Å²) in [4.78, 5) is 27.0. The lowest BCUT2D eigenvalue weighted by Gasteiger charge is -2.20. The van der Waals surface area contributed by atoms with Gasteiger partial charge in [-0.05, 0) is 42.0 Å². The number of ether oxygens (including phenoxy) is 1. The molecule has 4 nitrogen and oxygen atoms in total. The first-order valence-corrected chi connectivity index (χ1v) is 9.74. The van der Waals surface area contributed by atoms with E-state index in [9.17, 15) is 9.59 Å². The number of carbonyl (C=O) groups is 2. The van der Waals surface area contributed by atoms with Crippen molar-refractivity contribution >= 4 is 17.6 Å². The van der Waals surface area contributed by atoms with Crippen LogP contribution in [0.25, 0.3) is 0 Å². The minimum Gasteiger partial charge on any atom is -0.426 e. The Balaban J connectivity index is 1.75. The van der Waals surface area contributed by atoms with Crippen LogP contribution < -0.4 is 9.64 Å². The molecule has 2 aromatic carbocycles. The maximum atomic E-state index is 12.8. The van der Waals surface area contributed by atoms with E-state index >= 15 is 0 Å². The van der Waals surface area contributed by atoms with Gasteiger partial charge in [0.2, 0.25) is 5.91 Å². The second-order valence-corrected chi connectivity index (χ2v) is 7.16. The molecular formula is C23H27NO3. The van der Waals surface area contributed by atoms with Gasteiger partial charge in [-0.15, -0.1) is 0 Å². The highest BCUT2D eigenvalue weighted by molar-refractivity contribution is 6.00. The Morgan fingerprint density at radius 1 is 1.15 bits per heavy atom. The van der Waals surface area contributed by atoms with Gasteiger partial charge in [-0.1, -0.05) is 57.2 Å². The number of esters is 1. The van der Waals surface area contributed by atoms with Gasteiger partial charge in [0.25, 0.3) is 0 Å². The maximum absolute atomic E-state index is 12.8. The van der Waals surface area contributed by atoms with Crippen LogP contribution in [0.3, 0.4) is 0 Å². The smallest absolute Gasteiger partial charge is 0.316 e. The number of benzene rings is 2. The summed E-state index contributed by atoms with van der Waals surface area (Å²) in [6.07, 6.45) is 2.01. The molecule has 0 spiro atoms. The summed E-state index contributed by atoms with van der Waals surface area (Å²) in [6, 6.07) is 15.5. The molecule has 1 aliphatic heterocycles. The average molecular weight is 365 g/mol. The van der Waals surface area contributed by atoms with Crippen LogP contribution >= 0.6 is 0 Å². The molecule has 1 fully saturated rings. The largest absolute Gasteiger partial charge is 0.426 e. The van der Waals surface area contributed by atoms with Crippen LogP contribution in [0.4, 0.5) is 5.69 Å². The van der Waals surface area contributed by atoms with Gasteiger partial charge in [0.15, 0.2) is 0 Å². The molecule has 1 heterocycles. The molecule has 1 saturated heterocycles. The van der Waals surface area contributed by atoms with Crippen LogP contribution in [-0.2, 0) is 16.0 Å². The van der Waals surface area contributed by atoms with Gasteiger partial charge in [0, 0.05) is 18.7 Å². The van der Waals surface area contributed by atoms with Crippen molar-refractivity contribution in [1.82, 2.24) is 0 Å². The van der Waals surface area contributed by atoms with Crippen LogP contribution in [0.15, 0.2) is 48.5 Å². The molecule has 0 unspecified atom stereocenters. The van der Waals surface area contributed by atoms with Crippen LogP contribution in [0.5, 0.6) is 5.75 Å². The van der Waals surface area contributed by atoms with Crippen LogP contribution in [0.1, 0.15) is 50.7 Å². The molecular weight excluding hydrogens is 338 g/mol. The van der Waals surface area contributed by atoms with E-state index in [1.54, 1.807) is 4.90 Å². The number of hydrogen-bond donors (Lipinski definition) is 0. The Kier molecular flexibility index (Phi) is 5.94. The molecule has 0 aliphatic carbocycles. The molecule has 0 radical (unpaired) electrons. The molecule has 0 N–H and O–H groups in total. The predicted molar refractivity (Wildman–Crippen MR) is 107 cm³/mol. The Morgan fingerprint density at radius 3 is 2.59 bits per heavy atom. The first kappa shape index (κ1) is 19.2. The van der Waals surface area contributed by atoms with Gasteiger partial charge in [0.05, 0.1) is 5.92 Å². The van der Waals surface area contributed by atoms with Gasteiger partial charge < -0.3 is 9.64 Å². The number of nitrogens with zero attached hydrogens (tertiary/aromatic N) is 1. The van der Waals surface area contributed by atoms with E-state index in [4.69, 9.17) is 4.74 Å². The monoisotopic (exact) mass is 365 g/mol. The number of anilines is 1. The van der Waals surface area contributed by atoms with Crippen LogP contribution in [-0.4, -0.2) is 18.4 Å². The molecule has 1 amide bonds. The third kappa shape index (κ3) is 4.05. The van der Waals surface area contributed by atoms with Gasteiger partial charge in [-0.2, -0.15) is 0 Å². The lowest BCUT2D eigenvalue weighted by Crippen LogP contribution is -2.28. The first-order valence-electron chi connectivity index (χ1n) is 9.74. The lowest BCUT2D eigenvalue weighted by molar-refractivity contribution is -0.139. The Labute approximate surface area is 161 Å². The summed E-state index contributed by atoms with van der Waals surface area (Å²) in [7, 11) is 0. The van der Waals surface area contributed by atoms with Gasteiger partial charge in [-0.3, -0.25) is 9.59 Å². The van der Waals surface area contributed by atoms with Gasteiger partial charge in [0.1, 0.15) is 5.75 Å². The Bertz CT molecular complexity index is 830. The summed E-state index contributed by atoms with van der Waals surface area (Å²) in [5.41, 5.74) is 3.05. The van der Waals surface area contributed by atoms with Crippen molar-refractivity contribution < 1.29 is 14.3 Å². The fraction of sp³-hybridized carbons (Fsp3) is 0.391. The van der Waals surface area contributed by atoms with Crippen molar-refractivity contribution in [3.8, 4) is 5.75 Å². The molecule has 3 rings (SSSR count). The van der Waals surface area contributed by atoms with Crippen molar-refractivity contribution in [2.75, 3.05) is 11.4 Å². The number of rotatable bonds is 6. The number of hydrogen-bond acceptors (Lipinski definition) is 3. The highest BCUT2D eigenvalue weighted by Crippen LogP contribution is 2.32. The van der Waals surface area contributed by atoms with Gasteiger partial charge >= 0.3 is 5.97 Å². The summed E-state index contributed by atoms with van der Waals surface area (Å²) in [6.45, 7) is 6.67. The van der Waals surface area contributed by atoms with E-state index in [0.29, 0.717) is 18.2 Å². The summed E-state index contributed by atoms with van der Waals surface area (Å²) >= 11 is 0. The number of carbonyl (C=O) groups excluding carboxylic acids is 2. The fourth-order valence-electron chi connectivity index (χ4n) is 3.56. The highest BCUT2D eigenvalue weighted by Gasteiger charge is 2.37. The van der Waals surface area contributed by atoms with E-state index in [2.05, 4.69) is 20.8 Å². The van der Waals surface area contributed by atoms with Crippen LogP contribution in [0.2, 0.25) is 0 Å². The van der Waals surface area contributed by atoms with E-state index < -0.39 is 5.92 Å². The minimum absolute atomic E-state index is 0.0203. The molecule has 142 valence electrons. The molecule has 0 saturated carbocycles. The van der Waals surface area contributed by atoms with E-state index in [0.717, 1.165) is 29.7 Å². The van der Waals surface area contributed by atoms with Crippen molar-refractivity contribution in [3.63, 3.8) is 0 Å². The second-order valence-electron chi connectivity index (χ2n) is 7.16. The second kappa shape index (κ2) is 8.38. The predicted octanol–water partition coefficient (Wildman–Crippen LogP) is 4.72. The maximum Gasteiger partial charge on any atom is 0.316 e. The van der Waals surface area contributed by atoms with Crippen molar-refractivity contribution in [1.29, 1.82) is 0 Å². The van der Waals surface area contributed by atoms with Crippen LogP contribution in [0, 0.1) is 5.92 Å². The zero-order chi connectivity index (χ0) is 19.4. The number of amides is 1. The Hall–Kier alpha value is -2.62. The first-order chi connectivity index (χ1) is 13.0. The molecule has 1 aliphatic rings. The fourth-order valence-corrected chi connectivity index (χ4v) is 3.56. The number of aryl methyl sites for hydroxylation is 1. The summed E-state index contributed by atoms with van der Waals surface area (Å²) in [5.74, 6) is 0.139. The van der Waals surface area contributed by atoms with Gasteiger partial charge in [-0.25, -0.2) is 0 Å². The van der Waals surface area contributed by atoms with E-state index in [1.165, 1.54) is 0 Å². The molecule has 4 heteroatoms. The van der Waals surface area contributed by atoms with Crippen molar-refractivity contribution in [2.24, 2.45) is 5.92 Å².